The van der Waals surface area contributed by atoms with Crippen molar-refractivity contribution in [1.82, 2.24) is 79.3 Å². The molecule has 10 heterocycles. The molecular weight excluding hydrogens is 967 g/mol. The Hall–Kier alpha value is -7.71. The second-order valence-electron chi connectivity index (χ2n) is 18.8. The maximum Gasteiger partial charge on any atom is 0.241 e. The Morgan fingerprint density at radius 3 is 2.04 bits per heavy atom. The van der Waals surface area contributed by atoms with Gasteiger partial charge >= 0.3 is 0 Å². The van der Waals surface area contributed by atoms with Crippen molar-refractivity contribution in [3.05, 3.63) is 75.0 Å². The summed E-state index contributed by atoms with van der Waals surface area (Å²) >= 11 is 0. The fourth-order valence-electron chi connectivity index (χ4n) is 9.98. The third-order valence-corrected chi connectivity index (χ3v) is 13.3. The monoisotopic (exact) mass is 1040 g/mol. The maximum atomic E-state index is 9.71. The number of nitrogens with one attached hydrogen (secondary N) is 2. The van der Waals surface area contributed by atoms with E-state index in [4.69, 9.17) is 34.5 Å². The average Bonchev–Trinajstić information content (AvgIpc) is 4.25. The number of rotatable bonds is 8. The molecule has 22 heteroatoms. The molecule has 0 amide bonds. The number of aliphatic hydroxyl groups excluding tert-OH is 2. The van der Waals surface area contributed by atoms with Gasteiger partial charge in [0.05, 0.1) is 112 Å². The zero-order chi connectivity index (χ0) is 54.4. The van der Waals surface area contributed by atoms with Crippen LogP contribution in [0.25, 0.3) is 68.6 Å². The molecule has 4 N–H and O–H groups in total. The molecular formula is C54H71N17O5. The summed E-state index contributed by atoms with van der Waals surface area (Å²) in [6.45, 7) is 22.2. The number of H-pyrrole nitrogens is 2. The number of aromatic nitrogens is 14. The molecule has 4 bridgehead atoms. The summed E-state index contributed by atoms with van der Waals surface area (Å²) in [6.07, 6.45) is 10.3. The minimum atomic E-state index is -0.171. The molecule has 0 spiro atoms. The lowest BCUT2D eigenvalue weighted by Crippen LogP contribution is -2.34. The van der Waals surface area contributed by atoms with Gasteiger partial charge in [-0.05, 0) is 91.1 Å². The number of nitriles is 1. The SMILES string of the molecule is CC.CCc1nn(CCO)c2c1/C=C/c1n[nH]c3cnc(cc13)-c1c(C)nn(C)c1OC(C)CN(CC)C2.Cc1nn(C)c2c1-c1cc3c([nH]nc3c(C)n1)/C=C/c1c(OCC#N)nn(CCO)c1CN(C)CC(C)O2. The second-order valence-corrected chi connectivity index (χ2v) is 18.8. The number of fused-ring (bicyclic) bond motifs is 8. The van der Waals surface area contributed by atoms with Crippen LogP contribution in [-0.2, 0) is 46.7 Å². The van der Waals surface area contributed by atoms with E-state index in [2.05, 4.69) is 78.4 Å². The number of aliphatic hydroxyl groups is 2. The van der Waals surface area contributed by atoms with Crippen molar-refractivity contribution in [2.45, 2.75) is 107 Å². The summed E-state index contributed by atoms with van der Waals surface area (Å²) in [5.41, 5.74) is 13.8. The molecule has 76 heavy (non-hydrogen) atoms. The number of likely N-dealkylation sites (N-methyl/N-ethyl adjacent to an activating group) is 2. The van der Waals surface area contributed by atoms with Crippen LogP contribution < -0.4 is 14.2 Å². The summed E-state index contributed by atoms with van der Waals surface area (Å²) < 4.78 is 25.9. The van der Waals surface area contributed by atoms with Crippen LogP contribution in [0.3, 0.4) is 0 Å². The third kappa shape index (κ3) is 11.1. The zero-order valence-electron chi connectivity index (χ0n) is 45.8. The van der Waals surface area contributed by atoms with Crippen LogP contribution in [0.4, 0.5) is 0 Å². The number of aromatic amines is 2. The van der Waals surface area contributed by atoms with Crippen LogP contribution in [0.15, 0.2) is 18.3 Å². The minimum Gasteiger partial charge on any atom is -0.473 e. The van der Waals surface area contributed by atoms with Gasteiger partial charge in [0.25, 0.3) is 0 Å². The van der Waals surface area contributed by atoms with E-state index in [9.17, 15) is 10.2 Å². The van der Waals surface area contributed by atoms with Crippen molar-refractivity contribution in [3.63, 3.8) is 0 Å². The van der Waals surface area contributed by atoms with E-state index in [1.54, 1.807) is 14.0 Å². The van der Waals surface area contributed by atoms with Gasteiger partial charge in [-0.3, -0.25) is 39.3 Å². The first-order chi connectivity index (χ1) is 36.7. The van der Waals surface area contributed by atoms with Crippen molar-refractivity contribution < 1.29 is 24.4 Å². The van der Waals surface area contributed by atoms with Crippen LogP contribution in [0.2, 0.25) is 0 Å². The van der Waals surface area contributed by atoms with E-state index >= 15 is 0 Å². The standard InChI is InChI=1S/C26H31N9O3.C26H34N8O2.C2H6/c1-15-13-33(4)14-22-18(25(37-11-8-27)32-35(22)9-10-36)6-7-20-19-12-21(28-17(3)24(19)30-29-20)23-16(2)31-34(5)26(23)38-15;1-6-20-18-8-9-21-19-12-22(27-13-23(19)29-28-21)25-17(4)30-32(5)26(25)36-16(3)14-33(7-2)15-24(18)34(31-20)10-11-35;1-2/h6-7,12,15,36H,9-11,13-14H2,1-5H3,(H,29,30);8-9,12-13,16,35H,6-7,10-11,14-15H2,1-5H3,(H,28,29);1-2H3/b7-6+;9-8+;. The molecule has 22 nitrogen and oxygen atoms in total. The summed E-state index contributed by atoms with van der Waals surface area (Å²) in [7, 11) is 5.77. The largest absolute Gasteiger partial charge is 0.473 e. The molecule has 2 unspecified atom stereocenters. The molecule has 0 saturated heterocycles. The fourth-order valence-corrected chi connectivity index (χ4v) is 9.98. The Bertz CT molecular complexity index is 3420. The van der Waals surface area contributed by atoms with E-state index in [1.165, 1.54) is 0 Å². The van der Waals surface area contributed by atoms with Crippen LogP contribution >= 0.6 is 0 Å². The lowest BCUT2D eigenvalue weighted by Gasteiger charge is -2.26. The number of aryl methyl sites for hydroxylation is 6. The molecule has 0 fully saturated rings. The molecule has 2 aliphatic rings. The number of hydrogen-bond acceptors (Lipinski definition) is 16. The molecule has 8 aromatic rings. The van der Waals surface area contributed by atoms with Gasteiger partial charge in [-0.15, -0.1) is 5.10 Å². The van der Waals surface area contributed by atoms with Gasteiger partial charge < -0.3 is 24.4 Å². The molecule has 0 aliphatic carbocycles. The van der Waals surface area contributed by atoms with E-state index in [0.717, 1.165) is 121 Å². The average molecular weight is 1040 g/mol. The quantitative estimate of drug-likeness (QED) is 0.124. The van der Waals surface area contributed by atoms with Gasteiger partial charge in [-0.2, -0.15) is 30.8 Å². The molecule has 402 valence electrons. The van der Waals surface area contributed by atoms with Gasteiger partial charge in [0.15, 0.2) is 6.61 Å². The van der Waals surface area contributed by atoms with Gasteiger partial charge in [-0.1, -0.05) is 27.7 Å². The van der Waals surface area contributed by atoms with Gasteiger partial charge in [0.1, 0.15) is 23.8 Å². The van der Waals surface area contributed by atoms with E-state index in [0.29, 0.717) is 50.4 Å². The molecule has 0 aromatic carbocycles. The first-order valence-corrected chi connectivity index (χ1v) is 26.0. The normalized spacial score (nSPS) is 16.8. The van der Waals surface area contributed by atoms with Crippen molar-refractivity contribution in [2.24, 2.45) is 14.1 Å². The Kier molecular flexibility index (Phi) is 17.1. The number of pyridine rings is 2. The van der Waals surface area contributed by atoms with Crippen molar-refractivity contribution in [2.75, 3.05) is 46.5 Å². The topological polar surface area (TPSA) is 253 Å². The molecule has 8 aromatic heterocycles. The van der Waals surface area contributed by atoms with Crippen LogP contribution in [0, 0.1) is 32.1 Å². The third-order valence-electron chi connectivity index (χ3n) is 13.3. The highest BCUT2D eigenvalue weighted by atomic mass is 16.5. The summed E-state index contributed by atoms with van der Waals surface area (Å²) in [5.74, 6) is 1.70. The summed E-state index contributed by atoms with van der Waals surface area (Å²) in [5, 5.41) is 64.3. The highest BCUT2D eigenvalue weighted by molar-refractivity contribution is 5.94. The van der Waals surface area contributed by atoms with Crippen LogP contribution in [-0.4, -0.2) is 148 Å². The Balaban J connectivity index is 0.000000195. The number of ether oxygens (including phenoxy) is 3. The number of hydrogen-bond donors (Lipinski definition) is 4. The molecule has 10 rings (SSSR count). The summed E-state index contributed by atoms with van der Waals surface area (Å²) in [4.78, 5) is 14.0. The van der Waals surface area contributed by atoms with E-state index < -0.39 is 0 Å². The molecule has 2 atom stereocenters. The smallest absolute Gasteiger partial charge is 0.241 e. The van der Waals surface area contributed by atoms with E-state index in [-0.39, 0.29) is 32.0 Å². The highest BCUT2D eigenvalue weighted by Crippen LogP contribution is 2.37. The lowest BCUT2D eigenvalue weighted by atomic mass is 10.1. The van der Waals surface area contributed by atoms with Crippen LogP contribution in [0.5, 0.6) is 17.6 Å². The lowest BCUT2D eigenvalue weighted by molar-refractivity contribution is 0.133. The number of nitrogens with zero attached hydrogens (tertiary/aromatic N) is 15. The van der Waals surface area contributed by atoms with Gasteiger partial charge in [0, 0.05) is 56.6 Å². The molecule has 0 saturated carbocycles. The maximum absolute atomic E-state index is 9.71. The summed E-state index contributed by atoms with van der Waals surface area (Å²) in [6, 6.07) is 6.06. The zero-order valence-corrected chi connectivity index (χ0v) is 45.8. The molecule has 0 radical (unpaired) electrons. The molecule has 2 aliphatic heterocycles. The Morgan fingerprint density at radius 1 is 0.750 bits per heavy atom. The first-order valence-electron chi connectivity index (χ1n) is 26.0. The van der Waals surface area contributed by atoms with Crippen molar-refractivity contribution in [1.29, 1.82) is 5.26 Å². The van der Waals surface area contributed by atoms with E-state index in [1.807, 2.05) is 104 Å². The Labute approximate surface area is 442 Å². The predicted octanol–water partition coefficient (Wildman–Crippen LogP) is 6.67. The Morgan fingerprint density at radius 2 is 1.38 bits per heavy atom. The highest BCUT2D eigenvalue weighted by Gasteiger charge is 2.27. The van der Waals surface area contributed by atoms with Crippen LogP contribution in [0.1, 0.15) is 98.2 Å². The van der Waals surface area contributed by atoms with Gasteiger partial charge in [-0.25, -0.2) is 9.36 Å². The first kappa shape index (κ1) is 54.5. The predicted molar refractivity (Wildman–Crippen MR) is 292 cm³/mol. The minimum absolute atomic E-state index is 0.0367. The van der Waals surface area contributed by atoms with Crippen molar-refractivity contribution in [3.8, 4) is 46.2 Å². The van der Waals surface area contributed by atoms with Gasteiger partial charge in [0.2, 0.25) is 17.6 Å². The van der Waals surface area contributed by atoms with Crippen molar-refractivity contribution >= 4 is 46.1 Å². The second kappa shape index (κ2) is 23.9. The fraction of sp³-hybridized carbons (Fsp3) is 0.463.